The molecule has 31 heavy (non-hydrogen) atoms. The van der Waals surface area contributed by atoms with Crippen molar-refractivity contribution < 1.29 is 14.7 Å². The van der Waals surface area contributed by atoms with Gasteiger partial charge in [-0.25, -0.2) is 4.68 Å². The molecule has 0 spiro atoms. The van der Waals surface area contributed by atoms with Crippen LogP contribution >= 0.6 is 0 Å². The Bertz CT molecular complexity index is 845. The first-order valence-corrected chi connectivity index (χ1v) is 11.4. The molecule has 1 aromatic rings. The SMILES string of the molecule is CN1CCC(C)(NC(=O)C2CC(O)CN2C(=O)[C@@H](n2cc(C3CC3)nn2)C(C)(C)C)C1. The minimum atomic E-state index is -0.711. The van der Waals surface area contributed by atoms with Crippen LogP contribution in [0, 0.1) is 5.41 Å². The minimum Gasteiger partial charge on any atom is -0.391 e. The van der Waals surface area contributed by atoms with Crippen LogP contribution in [0.5, 0.6) is 0 Å². The van der Waals surface area contributed by atoms with Gasteiger partial charge in [-0.1, -0.05) is 26.0 Å². The Balaban J connectivity index is 1.55. The summed E-state index contributed by atoms with van der Waals surface area (Å²) in [5.74, 6) is 0.0691. The Labute approximate surface area is 184 Å². The van der Waals surface area contributed by atoms with Gasteiger partial charge in [-0.2, -0.15) is 0 Å². The molecule has 2 N–H and O–H groups in total. The summed E-state index contributed by atoms with van der Waals surface area (Å²) in [5.41, 5.74) is 0.180. The van der Waals surface area contributed by atoms with Crippen LogP contribution < -0.4 is 5.32 Å². The van der Waals surface area contributed by atoms with Crippen molar-refractivity contribution in [1.29, 1.82) is 0 Å². The number of hydrogen-bond donors (Lipinski definition) is 2. The molecule has 2 saturated heterocycles. The number of amides is 2. The highest BCUT2D eigenvalue weighted by Gasteiger charge is 2.46. The van der Waals surface area contributed by atoms with Gasteiger partial charge in [-0.3, -0.25) is 9.59 Å². The highest BCUT2D eigenvalue weighted by Crippen LogP contribution is 2.40. The fourth-order valence-corrected chi connectivity index (χ4v) is 5.00. The highest BCUT2D eigenvalue weighted by atomic mass is 16.3. The van der Waals surface area contributed by atoms with Gasteiger partial charge >= 0.3 is 0 Å². The third kappa shape index (κ3) is 4.62. The molecule has 9 nitrogen and oxygen atoms in total. The van der Waals surface area contributed by atoms with Crippen molar-refractivity contribution >= 4 is 11.8 Å². The van der Waals surface area contributed by atoms with E-state index in [9.17, 15) is 14.7 Å². The first-order valence-electron chi connectivity index (χ1n) is 11.4. The Hall–Kier alpha value is -2.00. The lowest BCUT2D eigenvalue weighted by Gasteiger charge is -2.35. The Morgan fingerprint density at radius 2 is 2.03 bits per heavy atom. The third-order valence-electron chi connectivity index (χ3n) is 6.80. The summed E-state index contributed by atoms with van der Waals surface area (Å²) in [5, 5.41) is 22.1. The van der Waals surface area contributed by atoms with Crippen LogP contribution in [-0.2, 0) is 9.59 Å². The molecule has 3 unspecified atom stereocenters. The monoisotopic (exact) mass is 432 g/mol. The summed E-state index contributed by atoms with van der Waals surface area (Å²) in [7, 11) is 2.04. The number of likely N-dealkylation sites (tertiary alicyclic amines) is 2. The highest BCUT2D eigenvalue weighted by molar-refractivity contribution is 5.90. The fourth-order valence-electron chi connectivity index (χ4n) is 5.00. The maximum absolute atomic E-state index is 13.8. The average Bonchev–Trinajstić information content (AvgIpc) is 3.10. The number of aliphatic hydroxyl groups excluding tert-OH is 1. The second-order valence-corrected chi connectivity index (χ2v) is 11.1. The molecule has 9 heteroatoms. The summed E-state index contributed by atoms with van der Waals surface area (Å²) in [6.45, 7) is 9.87. The van der Waals surface area contributed by atoms with E-state index in [0.717, 1.165) is 38.0 Å². The van der Waals surface area contributed by atoms with Crippen LogP contribution in [0.15, 0.2) is 6.20 Å². The summed E-state index contributed by atoms with van der Waals surface area (Å²) >= 11 is 0. The van der Waals surface area contributed by atoms with E-state index in [1.807, 2.05) is 40.9 Å². The lowest BCUT2D eigenvalue weighted by molar-refractivity contribution is -0.144. The first-order chi connectivity index (χ1) is 14.5. The molecule has 4 atom stereocenters. The van der Waals surface area contributed by atoms with E-state index >= 15 is 0 Å². The summed E-state index contributed by atoms with van der Waals surface area (Å²) < 4.78 is 1.66. The number of carbonyl (C=O) groups is 2. The number of nitrogens with zero attached hydrogens (tertiary/aromatic N) is 5. The van der Waals surface area contributed by atoms with Gasteiger partial charge in [0.1, 0.15) is 12.1 Å². The number of hydrogen-bond acceptors (Lipinski definition) is 6. The van der Waals surface area contributed by atoms with Gasteiger partial charge in [-0.05, 0) is 38.6 Å². The molecular weight excluding hydrogens is 396 g/mol. The van der Waals surface area contributed by atoms with E-state index in [2.05, 4.69) is 20.5 Å². The van der Waals surface area contributed by atoms with E-state index in [4.69, 9.17) is 0 Å². The molecule has 3 aliphatic rings. The number of β-amino-alcohol motifs (C(OH)–C–C–N with tert-alkyl or cyclic N) is 1. The van der Waals surface area contributed by atoms with Crippen LogP contribution in [0.4, 0.5) is 0 Å². The molecular formula is C22H36N6O3. The molecule has 1 saturated carbocycles. The lowest BCUT2D eigenvalue weighted by atomic mass is 9.85. The van der Waals surface area contributed by atoms with Crippen LogP contribution in [0.3, 0.4) is 0 Å². The summed E-state index contributed by atoms with van der Waals surface area (Å²) in [4.78, 5) is 30.7. The van der Waals surface area contributed by atoms with Crippen molar-refractivity contribution in [1.82, 2.24) is 30.1 Å². The van der Waals surface area contributed by atoms with Gasteiger partial charge in [-0.15, -0.1) is 5.10 Å². The second kappa shape index (κ2) is 7.85. The number of aliphatic hydroxyl groups is 1. The standard InChI is InChI=1S/C22H36N6O3/c1-21(2,3)18(28-12-16(24-25-28)14-6-7-14)20(31)27-11-15(29)10-17(27)19(30)23-22(4)8-9-26(5)13-22/h12,14-15,17-18,29H,6-11,13H2,1-5H3,(H,23,30)/t15?,17?,18-,22?/m1/s1. The van der Waals surface area contributed by atoms with Crippen LogP contribution in [0.2, 0.25) is 0 Å². The number of likely N-dealkylation sites (N-methyl/N-ethyl adjacent to an activating group) is 1. The fraction of sp³-hybridized carbons (Fsp3) is 0.818. The maximum Gasteiger partial charge on any atom is 0.248 e. The molecule has 4 rings (SSSR count). The average molecular weight is 433 g/mol. The molecule has 3 heterocycles. The zero-order valence-electron chi connectivity index (χ0n) is 19.3. The molecule has 3 fully saturated rings. The van der Waals surface area contributed by atoms with Gasteiger partial charge in [0.15, 0.2) is 0 Å². The molecule has 2 aliphatic heterocycles. The molecule has 2 amide bonds. The number of carbonyl (C=O) groups excluding carboxylic acids is 2. The summed E-state index contributed by atoms with van der Waals surface area (Å²) in [6.07, 6.45) is 4.51. The van der Waals surface area contributed by atoms with Crippen molar-refractivity contribution in [2.45, 2.75) is 83.0 Å². The molecule has 0 bridgehead atoms. The van der Waals surface area contributed by atoms with Gasteiger partial charge in [0.05, 0.1) is 17.3 Å². The van der Waals surface area contributed by atoms with E-state index in [0.29, 0.717) is 5.92 Å². The predicted octanol–water partition coefficient (Wildman–Crippen LogP) is 0.915. The Morgan fingerprint density at radius 1 is 1.32 bits per heavy atom. The number of nitrogens with one attached hydrogen (secondary N) is 1. The van der Waals surface area contributed by atoms with Crippen molar-refractivity contribution in [3.63, 3.8) is 0 Å². The second-order valence-electron chi connectivity index (χ2n) is 11.1. The van der Waals surface area contributed by atoms with Crippen molar-refractivity contribution in [3.8, 4) is 0 Å². The van der Waals surface area contributed by atoms with Crippen LogP contribution in [-0.4, -0.2) is 86.1 Å². The van der Waals surface area contributed by atoms with Gasteiger partial charge in [0.25, 0.3) is 0 Å². The minimum absolute atomic E-state index is 0.157. The lowest BCUT2D eigenvalue weighted by Crippen LogP contribution is -2.56. The van der Waals surface area contributed by atoms with Crippen molar-refractivity contribution in [3.05, 3.63) is 11.9 Å². The number of aromatic nitrogens is 3. The molecule has 0 radical (unpaired) electrons. The molecule has 172 valence electrons. The predicted molar refractivity (Wildman–Crippen MR) is 115 cm³/mol. The van der Waals surface area contributed by atoms with Gasteiger partial charge in [0, 0.05) is 38.2 Å². The summed E-state index contributed by atoms with van der Waals surface area (Å²) in [6, 6.07) is -1.28. The van der Waals surface area contributed by atoms with Gasteiger partial charge in [0.2, 0.25) is 11.8 Å². The zero-order valence-corrected chi connectivity index (χ0v) is 19.3. The number of rotatable bonds is 5. The molecule has 0 aromatic carbocycles. The van der Waals surface area contributed by atoms with E-state index in [-0.39, 0.29) is 30.3 Å². The van der Waals surface area contributed by atoms with E-state index < -0.39 is 23.6 Å². The Morgan fingerprint density at radius 3 is 2.61 bits per heavy atom. The molecule has 1 aliphatic carbocycles. The largest absolute Gasteiger partial charge is 0.391 e. The maximum atomic E-state index is 13.8. The zero-order chi connectivity index (χ0) is 22.6. The van der Waals surface area contributed by atoms with Crippen molar-refractivity contribution in [2.24, 2.45) is 5.41 Å². The molecule has 1 aromatic heterocycles. The van der Waals surface area contributed by atoms with Crippen LogP contribution in [0.1, 0.15) is 71.0 Å². The van der Waals surface area contributed by atoms with Crippen LogP contribution in [0.25, 0.3) is 0 Å². The van der Waals surface area contributed by atoms with Crippen molar-refractivity contribution in [2.75, 3.05) is 26.7 Å². The van der Waals surface area contributed by atoms with E-state index in [1.165, 1.54) is 0 Å². The third-order valence-corrected chi connectivity index (χ3v) is 6.80. The topological polar surface area (TPSA) is 104 Å². The quantitative estimate of drug-likeness (QED) is 0.717. The smallest absolute Gasteiger partial charge is 0.248 e. The Kier molecular flexibility index (Phi) is 5.62. The normalized spacial score (nSPS) is 30.6. The van der Waals surface area contributed by atoms with E-state index in [1.54, 1.807) is 9.58 Å². The first kappa shape index (κ1) is 22.2. The van der Waals surface area contributed by atoms with Gasteiger partial charge < -0.3 is 20.2 Å².